The van der Waals surface area contributed by atoms with E-state index in [2.05, 4.69) is 21.3 Å². The number of esters is 1. The van der Waals surface area contributed by atoms with Gasteiger partial charge in [0.25, 0.3) is 0 Å². The van der Waals surface area contributed by atoms with Gasteiger partial charge in [-0.2, -0.15) is 0 Å². The first kappa shape index (κ1) is 13.4. The van der Waals surface area contributed by atoms with E-state index >= 15 is 0 Å². The number of nitrogens with one attached hydrogen (secondary N) is 1. The molecule has 108 valence electrons. The number of aromatic nitrogens is 1. The van der Waals surface area contributed by atoms with Crippen LogP contribution in [0.15, 0.2) is 18.3 Å². The number of likely N-dealkylation sites (tertiary alicyclic amines) is 1. The van der Waals surface area contributed by atoms with Crippen LogP contribution in [0.2, 0.25) is 0 Å². The lowest BCUT2D eigenvalue weighted by Gasteiger charge is -2.20. The largest absolute Gasteiger partial charge is 0.464 e. The molecule has 0 radical (unpaired) electrons. The van der Waals surface area contributed by atoms with Crippen molar-refractivity contribution in [2.45, 2.75) is 25.8 Å². The third kappa shape index (κ3) is 2.93. The summed E-state index contributed by atoms with van der Waals surface area (Å²) in [6.45, 7) is 5.49. The van der Waals surface area contributed by atoms with Gasteiger partial charge in [0, 0.05) is 25.7 Å². The number of aryl methyl sites for hydroxylation is 1. The number of hydrogen-bond acceptors (Lipinski definition) is 5. The summed E-state index contributed by atoms with van der Waals surface area (Å²) in [6.07, 6.45) is 3.85. The zero-order valence-corrected chi connectivity index (χ0v) is 11.8. The zero-order chi connectivity index (χ0) is 13.9. The fraction of sp³-hybridized carbons (Fsp3) is 0.600. The number of cyclic esters (lactones) is 1. The topological polar surface area (TPSA) is 54.5 Å². The minimum absolute atomic E-state index is 0.00231. The lowest BCUT2D eigenvalue weighted by Crippen LogP contribution is -2.37. The minimum Gasteiger partial charge on any atom is -0.464 e. The molecule has 0 saturated carbocycles. The van der Waals surface area contributed by atoms with Crippen LogP contribution in [0.3, 0.4) is 0 Å². The van der Waals surface area contributed by atoms with Crippen molar-refractivity contribution in [2.75, 3.05) is 31.6 Å². The van der Waals surface area contributed by atoms with Crippen LogP contribution in [0.25, 0.3) is 0 Å². The van der Waals surface area contributed by atoms with Crippen LogP contribution < -0.4 is 5.32 Å². The Morgan fingerprint density at radius 1 is 1.45 bits per heavy atom. The molecule has 2 aliphatic rings. The minimum atomic E-state index is -0.0428. The number of pyridine rings is 1. The van der Waals surface area contributed by atoms with Crippen LogP contribution in [-0.2, 0) is 9.53 Å². The monoisotopic (exact) mass is 275 g/mol. The second-order valence-corrected chi connectivity index (χ2v) is 5.72. The van der Waals surface area contributed by atoms with E-state index < -0.39 is 0 Å². The van der Waals surface area contributed by atoms with Crippen molar-refractivity contribution >= 4 is 11.8 Å². The van der Waals surface area contributed by atoms with E-state index in [0.717, 1.165) is 38.3 Å². The maximum atomic E-state index is 11.6. The number of anilines is 1. The number of rotatable bonds is 4. The van der Waals surface area contributed by atoms with Crippen molar-refractivity contribution in [1.82, 2.24) is 9.88 Å². The molecule has 2 aliphatic heterocycles. The molecule has 1 N–H and O–H groups in total. The summed E-state index contributed by atoms with van der Waals surface area (Å²) in [6, 6.07) is 4.07. The smallest absolute Gasteiger partial charge is 0.323 e. The van der Waals surface area contributed by atoms with Gasteiger partial charge in [0.15, 0.2) is 0 Å². The number of carbonyl (C=O) groups excluding carboxylic acids is 1. The summed E-state index contributed by atoms with van der Waals surface area (Å²) in [5, 5.41) is 3.38. The average Bonchev–Trinajstić information content (AvgIpc) is 3.06. The number of nitrogens with zero attached hydrogens (tertiary/aromatic N) is 2. The van der Waals surface area contributed by atoms with Crippen molar-refractivity contribution in [1.29, 1.82) is 0 Å². The van der Waals surface area contributed by atoms with Gasteiger partial charge in [-0.3, -0.25) is 9.69 Å². The molecule has 3 heterocycles. The van der Waals surface area contributed by atoms with Gasteiger partial charge in [0.1, 0.15) is 11.9 Å². The molecule has 2 atom stereocenters. The second kappa shape index (κ2) is 5.79. The van der Waals surface area contributed by atoms with E-state index in [1.54, 1.807) is 0 Å². The molecule has 3 rings (SSSR count). The summed E-state index contributed by atoms with van der Waals surface area (Å²) >= 11 is 0. The second-order valence-electron chi connectivity index (χ2n) is 5.72. The van der Waals surface area contributed by atoms with Gasteiger partial charge in [-0.05, 0) is 37.4 Å². The molecule has 0 aliphatic carbocycles. The molecule has 2 fully saturated rings. The first-order chi connectivity index (χ1) is 9.72. The number of ether oxygens (including phenoxy) is 1. The third-order valence-corrected chi connectivity index (χ3v) is 4.15. The number of carbonyl (C=O) groups is 1. The molecule has 2 saturated heterocycles. The van der Waals surface area contributed by atoms with Crippen LogP contribution in [-0.4, -0.2) is 48.1 Å². The Balaban J connectivity index is 1.48. The van der Waals surface area contributed by atoms with Crippen molar-refractivity contribution in [3.05, 3.63) is 23.9 Å². The van der Waals surface area contributed by atoms with E-state index in [9.17, 15) is 4.79 Å². The maximum absolute atomic E-state index is 11.6. The molecule has 0 bridgehead atoms. The van der Waals surface area contributed by atoms with E-state index in [4.69, 9.17) is 4.74 Å². The molecular weight excluding hydrogens is 254 g/mol. The number of hydrogen-bond donors (Lipinski definition) is 1. The Kier molecular flexibility index (Phi) is 3.87. The lowest BCUT2D eigenvalue weighted by atomic mass is 10.1. The van der Waals surface area contributed by atoms with E-state index in [1.807, 2.05) is 19.2 Å². The van der Waals surface area contributed by atoms with E-state index in [1.165, 1.54) is 5.56 Å². The van der Waals surface area contributed by atoms with Gasteiger partial charge < -0.3 is 10.1 Å². The van der Waals surface area contributed by atoms with Gasteiger partial charge in [-0.25, -0.2) is 4.98 Å². The predicted octanol–water partition coefficient (Wildman–Crippen LogP) is 1.44. The highest BCUT2D eigenvalue weighted by atomic mass is 16.5. The summed E-state index contributed by atoms with van der Waals surface area (Å²) in [5.41, 5.74) is 1.17. The average molecular weight is 275 g/mol. The Morgan fingerprint density at radius 3 is 3.05 bits per heavy atom. The maximum Gasteiger partial charge on any atom is 0.323 e. The van der Waals surface area contributed by atoms with Crippen molar-refractivity contribution in [2.24, 2.45) is 5.92 Å². The Bertz CT molecular complexity index is 475. The van der Waals surface area contributed by atoms with Gasteiger partial charge >= 0.3 is 5.97 Å². The molecule has 0 aromatic carbocycles. The van der Waals surface area contributed by atoms with Crippen LogP contribution in [0.1, 0.15) is 18.4 Å². The molecular formula is C15H21N3O2. The molecule has 1 aromatic heterocycles. The van der Waals surface area contributed by atoms with Gasteiger partial charge in [-0.15, -0.1) is 0 Å². The summed E-state index contributed by atoms with van der Waals surface area (Å²) in [4.78, 5) is 18.2. The Hall–Kier alpha value is -1.62. The highest BCUT2D eigenvalue weighted by Gasteiger charge is 2.36. The van der Waals surface area contributed by atoms with Crippen LogP contribution >= 0.6 is 0 Å². The molecule has 0 unspecified atom stereocenters. The fourth-order valence-corrected chi connectivity index (χ4v) is 2.95. The summed E-state index contributed by atoms with van der Waals surface area (Å²) < 4.78 is 5.05. The molecule has 1 aromatic rings. The van der Waals surface area contributed by atoms with Crippen molar-refractivity contribution in [3.8, 4) is 0 Å². The van der Waals surface area contributed by atoms with Gasteiger partial charge in [-0.1, -0.05) is 6.07 Å². The Morgan fingerprint density at radius 2 is 2.35 bits per heavy atom. The highest BCUT2D eigenvalue weighted by molar-refractivity contribution is 5.77. The molecule has 5 nitrogen and oxygen atoms in total. The van der Waals surface area contributed by atoms with Crippen LogP contribution in [0, 0.1) is 12.8 Å². The zero-order valence-electron chi connectivity index (χ0n) is 11.8. The van der Waals surface area contributed by atoms with Crippen LogP contribution in [0.5, 0.6) is 0 Å². The standard InChI is InChI=1S/C15H21N3O2/c1-11-2-3-14(16-8-11)17-9-12-4-6-18(10-12)13-5-7-20-15(13)19/h2-3,8,12-13H,4-7,9-10H2,1H3,(H,16,17)/t12-,13+/m0/s1. The van der Waals surface area contributed by atoms with E-state index in [0.29, 0.717) is 12.5 Å². The molecule has 0 spiro atoms. The molecule has 20 heavy (non-hydrogen) atoms. The van der Waals surface area contributed by atoms with Gasteiger partial charge in [0.05, 0.1) is 6.61 Å². The Labute approximate surface area is 119 Å². The molecule has 5 heteroatoms. The lowest BCUT2D eigenvalue weighted by molar-refractivity contribution is -0.142. The third-order valence-electron chi connectivity index (χ3n) is 4.15. The predicted molar refractivity (Wildman–Crippen MR) is 76.5 cm³/mol. The summed E-state index contributed by atoms with van der Waals surface area (Å²) in [7, 11) is 0. The first-order valence-corrected chi connectivity index (χ1v) is 7.29. The summed E-state index contributed by atoms with van der Waals surface area (Å²) in [5.74, 6) is 1.46. The first-order valence-electron chi connectivity index (χ1n) is 7.29. The quantitative estimate of drug-likeness (QED) is 0.843. The normalized spacial score (nSPS) is 26.8. The molecule has 0 amide bonds. The van der Waals surface area contributed by atoms with Gasteiger partial charge in [0.2, 0.25) is 0 Å². The van der Waals surface area contributed by atoms with Crippen molar-refractivity contribution < 1.29 is 9.53 Å². The SMILES string of the molecule is Cc1ccc(NC[C@@H]2CCN([C@@H]3CCOC3=O)C2)nc1. The highest BCUT2D eigenvalue weighted by Crippen LogP contribution is 2.23. The van der Waals surface area contributed by atoms with E-state index in [-0.39, 0.29) is 12.0 Å². The van der Waals surface area contributed by atoms with Crippen molar-refractivity contribution in [3.63, 3.8) is 0 Å². The van der Waals surface area contributed by atoms with Crippen LogP contribution in [0.4, 0.5) is 5.82 Å². The fourth-order valence-electron chi connectivity index (χ4n) is 2.95.